The first-order valence-electron chi connectivity index (χ1n) is 6.38. The number of ether oxygens (including phenoxy) is 1. The molecule has 0 fully saturated rings. The Morgan fingerprint density at radius 1 is 1.26 bits per heavy atom. The van der Waals surface area contributed by atoms with Gasteiger partial charge in [-0.05, 0) is 23.6 Å². The second-order valence-corrected chi connectivity index (χ2v) is 5.41. The Morgan fingerprint density at radius 2 is 2.16 bits per heavy atom. The van der Waals surface area contributed by atoms with Crippen molar-refractivity contribution >= 4 is 17.0 Å². The number of nitrogens with zero attached hydrogens (tertiary/aromatic N) is 1. The molecule has 0 aliphatic carbocycles. The predicted octanol–water partition coefficient (Wildman–Crippen LogP) is 2.98. The van der Waals surface area contributed by atoms with Crippen molar-refractivity contribution in [3.8, 4) is 5.75 Å². The summed E-state index contributed by atoms with van der Waals surface area (Å²) in [6, 6.07) is 12.4. The molecular formula is C15H20N2OS. The summed E-state index contributed by atoms with van der Waals surface area (Å²) in [5.41, 5.74) is 1.18. The molecule has 0 spiro atoms. The number of thiophene rings is 1. The Labute approximate surface area is 118 Å². The van der Waals surface area contributed by atoms with E-state index >= 15 is 0 Å². The summed E-state index contributed by atoms with van der Waals surface area (Å²) in [7, 11) is 3.79. The molecule has 0 unspecified atom stereocenters. The van der Waals surface area contributed by atoms with Gasteiger partial charge >= 0.3 is 0 Å². The van der Waals surface area contributed by atoms with E-state index in [0.717, 1.165) is 25.4 Å². The van der Waals surface area contributed by atoms with Gasteiger partial charge in [-0.2, -0.15) is 0 Å². The highest BCUT2D eigenvalue weighted by Gasteiger charge is 2.02. The van der Waals surface area contributed by atoms with Crippen LogP contribution >= 0.6 is 11.3 Å². The Balaban J connectivity index is 1.75. The topological polar surface area (TPSA) is 24.5 Å². The summed E-state index contributed by atoms with van der Waals surface area (Å²) < 4.78 is 5.24. The first kappa shape index (κ1) is 13.9. The quantitative estimate of drug-likeness (QED) is 0.787. The minimum Gasteiger partial charge on any atom is -0.497 e. The maximum Gasteiger partial charge on any atom is 0.120 e. The van der Waals surface area contributed by atoms with Crippen LogP contribution in [0.2, 0.25) is 0 Å². The van der Waals surface area contributed by atoms with Crippen LogP contribution in [0.1, 0.15) is 4.88 Å². The smallest absolute Gasteiger partial charge is 0.120 e. The number of methoxy groups -OCH3 is 1. The minimum absolute atomic E-state index is 0.899. The third-order valence-electron chi connectivity index (χ3n) is 3.00. The van der Waals surface area contributed by atoms with E-state index in [2.05, 4.69) is 46.9 Å². The van der Waals surface area contributed by atoms with Gasteiger partial charge in [0.2, 0.25) is 0 Å². The predicted molar refractivity (Wildman–Crippen MR) is 82.3 cm³/mol. The van der Waals surface area contributed by atoms with Gasteiger partial charge in [-0.25, -0.2) is 0 Å². The average Bonchev–Trinajstić information content (AvgIpc) is 2.96. The van der Waals surface area contributed by atoms with Crippen LogP contribution in [0.4, 0.5) is 5.69 Å². The lowest BCUT2D eigenvalue weighted by Crippen LogP contribution is -2.28. The zero-order valence-corrected chi connectivity index (χ0v) is 12.2. The fourth-order valence-corrected chi connectivity index (χ4v) is 2.52. The van der Waals surface area contributed by atoms with Gasteiger partial charge in [0.05, 0.1) is 7.11 Å². The molecule has 3 nitrogen and oxygen atoms in total. The molecule has 1 aromatic carbocycles. The summed E-state index contributed by atoms with van der Waals surface area (Å²) in [6.45, 7) is 2.88. The van der Waals surface area contributed by atoms with Crippen LogP contribution < -0.4 is 15.0 Å². The van der Waals surface area contributed by atoms with Crippen LogP contribution in [-0.2, 0) is 6.54 Å². The SMILES string of the molecule is COc1cccc(N(C)CCNCc2cccs2)c1. The Hall–Kier alpha value is -1.52. The largest absolute Gasteiger partial charge is 0.497 e. The fraction of sp³-hybridized carbons (Fsp3) is 0.333. The lowest BCUT2D eigenvalue weighted by Gasteiger charge is -2.20. The normalized spacial score (nSPS) is 10.4. The van der Waals surface area contributed by atoms with Crippen molar-refractivity contribution in [2.45, 2.75) is 6.54 Å². The van der Waals surface area contributed by atoms with Crippen molar-refractivity contribution in [1.82, 2.24) is 5.32 Å². The van der Waals surface area contributed by atoms with E-state index < -0.39 is 0 Å². The molecule has 2 rings (SSSR count). The van der Waals surface area contributed by atoms with Crippen molar-refractivity contribution in [1.29, 1.82) is 0 Å². The van der Waals surface area contributed by atoms with Gasteiger partial charge in [0.15, 0.2) is 0 Å². The van der Waals surface area contributed by atoms with E-state index in [1.54, 1.807) is 18.4 Å². The molecule has 0 saturated heterocycles. The zero-order valence-electron chi connectivity index (χ0n) is 11.4. The van der Waals surface area contributed by atoms with E-state index in [0.29, 0.717) is 0 Å². The first-order valence-corrected chi connectivity index (χ1v) is 7.26. The van der Waals surface area contributed by atoms with Gasteiger partial charge in [0, 0.05) is 43.3 Å². The number of rotatable bonds is 7. The van der Waals surface area contributed by atoms with E-state index in [-0.39, 0.29) is 0 Å². The maximum atomic E-state index is 5.24. The second-order valence-electron chi connectivity index (χ2n) is 4.38. The van der Waals surface area contributed by atoms with Crippen LogP contribution in [0.5, 0.6) is 5.75 Å². The highest BCUT2D eigenvalue weighted by molar-refractivity contribution is 7.09. The molecule has 0 saturated carbocycles. The van der Waals surface area contributed by atoms with Crippen LogP contribution in [0, 0.1) is 0 Å². The van der Waals surface area contributed by atoms with Crippen molar-refractivity contribution in [3.63, 3.8) is 0 Å². The molecule has 0 aliphatic rings. The summed E-state index contributed by atoms with van der Waals surface area (Å²) >= 11 is 1.79. The van der Waals surface area contributed by atoms with Crippen molar-refractivity contribution in [2.24, 2.45) is 0 Å². The number of benzene rings is 1. The molecule has 0 radical (unpaired) electrons. The lowest BCUT2D eigenvalue weighted by atomic mass is 10.3. The second kappa shape index (κ2) is 7.16. The number of hydrogen-bond donors (Lipinski definition) is 1. The summed E-state index contributed by atoms with van der Waals surface area (Å²) in [5.74, 6) is 0.899. The zero-order chi connectivity index (χ0) is 13.5. The highest BCUT2D eigenvalue weighted by Crippen LogP contribution is 2.19. The van der Waals surface area contributed by atoms with Crippen LogP contribution in [-0.4, -0.2) is 27.2 Å². The van der Waals surface area contributed by atoms with Crippen LogP contribution in [0.25, 0.3) is 0 Å². The number of hydrogen-bond acceptors (Lipinski definition) is 4. The molecule has 1 aromatic heterocycles. The van der Waals surface area contributed by atoms with Crippen LogP contribution in [0.3, 0.4) is 0 Å². The molecule has 1 N–H and O–H groups in total. The molecule has 0 amide bonds. The van der Waals surface area contributed by atoms with E-state index in [9.17, 15) is 0 Å². The summed E-state index contributed by atoms with van der Waals surface area (Å²) in [6.07, 6.45) is 0. The number of nitrogens with one attached hydrogen (secondary N) is 1. The van der Waals surface area contributed by atoms with Crippen LogP contribution in [0.15, 0.2) is 41.8 Å². The Bertz CT molecular complexity index is 485. The average molecular weight is 276 g/mol. The molecule has 102 valence electrons. The van der Waals surface area contributed by atoms with Gasteiger partial charge < -0.3 is 15.0 Å². The third kappa shape index (κ3) is 4.26. The lowest BCUT2D eigenvalue weighted by molar-refractivity contribution is 0.415. The molecule has 19 heavy (non-hydrogen) atoms. The minimum atomic E-state index is 0.899. The molecule has 0 bridgehead atoms. The van der Waals surface area contributed by atoms with Gasteiger partial charge in [0.1, 0.15) is 5.75 Å². The van der Waals surface area contributed by atoms with E-state index in [4.69, 9.17) is 4.74 Å². The van der Waals surface area contributed by atoms with Gasteiger partial charge in [-0.3, -0.25) is 0 Å². The molecule has 4 heteroatoms. The van der Waals surface area contributed by atoms with Crippen molar-refractivity contribution < 1.29 is 4.74 Å². The summed E-state index contributed by atoms with van der Waals surface area (Å²) in [5, 5.41) is 5.57. The highest BCUT2D eigenvalue weighted by atomic mass is 32.1. The van der Waals surface area contributed by atoms with E-state index in [1.165, 1.54) is 10.6 Å². The molecular weight excluding hydrogens is 256 g/mol. The monoisotopic (exact) mass is 276 g/mol. The van der Waals surface area contributed by atoms with Crippen molar-refractivity contribution in [2.75, 3.05) is 32.1 Å². The molecule has 0 atom stereocenters. The maximum absolute atomic E-state index is 5.24. The van der Waals surface area contributed by atoms with Gasteiger partial charge in [-0.15, -0.1) is 11.3 Å². The Kier molecular flexibility index (Phi) is 5.24. The first-order chi connectivity index (χ1) is 9.29. The standard InChI is InChI=1S/C15H20N2OS/c1-17(13-5-3-6-14(11-13)18-2)9-8-16-12-15-7-4-10-19-15/h3-7,10-11,16H,8-9,12H2,1-2H3. The summed E-state index contributed by atoms with van der Waals surface area (Å²) in [4.78, 5) is 3.60. The molecule has 1 heterocycles. The van der Waals surface area contributed by atoms with E-state index in [1.807, 2.05) is 12.1 Å². The number of likely N-dealkylation sites (N-methyl/N-ethyl adjacent to an activating group) is 1. The Morgan fingerprint density at radius 3 is 2.89 bits per heavy atom. The fourth-order valence-electron chi connectivity index (χ4n) is 1.85. The van der Waals surface area contributed by atoms with Crippen molar-refractivity contribution in [3.05, 3.63) is 46.7 Å². The molecule has 0 aliphatic heterocycles. The number of anilines is 1. The third-order valence-corrected chi connectivity index (χ3v) is 3.87. The van der Waals surface area contributed by atoms with Gasteiger partial charge in [0.25, 0.3) is 0 Å². The van der Waals surface area contributed by atoms with Gasteiger partial charge in [-0.1, -0.05) is 12.1 Å². The molecule has 2 aromatic rings.